The van der Waals surface area contributed by atoms with E-state index in [0.717, 1.165) is 32.4 Å². The first-order valence-corrected chi connectivity index (χ1v) is 6.98. The molecule has 1 heterocycles. The molecule has 0 bridgehead atoms. The van der Waals surface area contributed by atoms with Crippen molar-refractivity contribution in [2.75, 3.05) is 13.1 Å². The Morgan fingerprint density at radius 3 is 2.11 bits per heavy atom. The molecule has 108 valence electrons. The van der Waals surface area contributed by atoms with Crippen LogP contribution in [0.25, 0.3) is 0 Å². The second-order valence-electron chi connectivity index (χ2n) is 6.74. The van der Waals surface area contributed by atoms with Gasteiger partial charge in [0, 0.05) is 5.54 Å². The largest absolute Gasteiger partial charge is 0.325 e. The molecule has 0 aliphatic carbocycles. The predicted octanol–water partition coefficient (Wildman–Crippen LogP) is 3.03. The zero-order valence-corrected chi connectivity index (χ0v) is 13.1. The van der Waals surface area contributed by atoms with Crippen LogP contribution in [0, 0.1) is 0 Å². The van der Waals surface area contributed by atoms with E-state index in [1.165, 1.54) is 11.1 Å². The van der Waals surface area contributed by atoms with Crippen LogP contribution in [-0.4, -0.2) is 18.6 Å². The molecular formula is C16H27ClN2. The van der Waals surface area contributed by atoms with E-state index in [1.807, 2.05) is 0 Å². The first-order valence-electron chi connectivity index (χ1n) is 6.98. The summed E-state index contributed by atoms with van der Waals surface area (Å²) in [5.74, 6) is 0. The summed E-state index contributed by atoms with van der Waals surface area (Å²) in [5.41, 5.74) is 9.46. The molecule has 0 saturated carbocycles. The van der Waals surface area contributed by atoms with Gasteiger partial charge in [0.25, 0.3) is 0 Å². The topological polar surface area (TPSA) is 38.0 Å². The summed E-state index contributed by atoms with van der Waals surface area (Å²) in [5, 5.41) is 3.37. The summed E-state index contributed by atoms with van der Waals surface area (Å²) in [6.07, 6.45) is 3.15. The summed E-state index contributed by atoms with van der Waals surface area (Å²) in [6, 6.07) is 8.99. The number of piperidine rings is 1. The van der Waals surface area contributed by atoms with Crippen molar-refractivity contribution in [1.82, 2.24) is 5.32 Å². The Balaban J connectivity index is 0.00000180. The maximum absolute atomic E-state index is 6.47. The third-order valence-electron chi connectivity index (χ3n) is 3.98. The number of hydrogen-bond donors (Lipinski definition) is 2. The number of hydrogen-bond acceptors (Lipinski definition) is 2. The van der Waals surface area contributed by atoms with E-state index in [0.29, 0.717) is 0 Å². The highest BCUT2D eigenvalue weighted by atomic mass is 35.5. The van der Waals surface area contributed by atoms with Gasteiger partial charge >= 0.3 is 0 Å². The normalized spacial score (nSPS) is 18.7. The van der Waals surface area contributed by atoms with Crippen LogP contribution in [0.4, 0.5) is 0 Å². The molecule has 2 rings (SSSR count). The Labute approximate surface area is 123 Å². The van der Waals surface area contributed by atoms with Crippen molar-refractivity contribution in [3.05, 3.63) is 35.4 Å². The molecule has 1 fully saturated rings. The van der Waals surface area contributed by atoms with Crippen LogP contribution >= 0.6 is 12.4 Å². The fourth-order valence-corrected chi connectivity index (χ4v) is 2.63. The average molecular weight is 283 g/mol. The zero-order chi connectivity index (χ0) is 13.2. The Hall–Kier alpha value is -0.570. The minimum Gasteiger partial charge on any atom is -0.325 e. The molecule has 0 amide bonds. The highest BCUT2D eigenvalue weighted by Crippen LogP contribution is 2.25. The molecule has 0 unspecified atom stereocenters. The van der Waals surface area contributed by atoms with Crippen molar-refractivity contribution in [3.63, 3.8) is 0 Å². The number of benzene rings is 1. The smallest absolute Gasteiger partial charge is 0.0219 e. The minimum atomic E-state index is -0.00546. The van der Waals surface area contributed by atoms with Crippen LogP contribution < -0.4 is 11.1 Å². The summed E-state index contributed by atoms with van der Waals surface area (Å²) in [7, 11) is 0. The summed E-state index contributed by atoms with van der Waals surface area (Å²) in [4.78, 5) is 0. The minimum absolute atomic E-state index is 0. The van der Waals surface area contributed by atoms with Crippen LogP contribution in [0.15, 0.2) is 24.3 Å². The molecule has 0 spiro atoms. The second kappa shape index (κ2) is 6.25. The van der Waals surface area contributed by atoms with Crippen molar-refractivity contribution in [1.29, 1.82) is 0 Å². The summed E-state index contributed by atoms with van der Waals surface area (Å²) >= 11 is 0. The van der Waals surface area contributed by atoms with Crippen molar-refractivity contribution >= 4 is 12.4 Å². The maximum Gasteiger partial charge on any atom is 0.0219 e. The van der Waals surface area contributed by atoms with Gasteiger partial charge in [-0.2, -0.15) is 0 Å². The molecule has 0 aromatic heterocycles. The first kappa shape index (κ1) is 16.5. The molecule has 19 heavy (non-hydrogen) atoms. The molecule has 1 aliphatic rings. The number of nitrogens with two attached hydrogens (primary N) is 1. The van der Waals surface area contributed by atoms with E-state index in [4.69, 9.17) is 5.73 Å². The van der Waals surface area contributed by atoms with Crippen LogP contribution in [-0.2, 0) is 11.8 Å². The second-order valence-corrected chi connectivity index (χ2v) is 6.74. The molecule has 2 nitrogen and oxygen atoms in total. The zero-order valence-electron chi connectivity index (χ0n) is 12.3. The highest BCUT2D eigenvalue weighted by Gasteiger charge is 2.27. The van der Waals surface area contributed by atoms with E-state index >= 15 is 0 Å². The summed E-state index contributed by atoms with van der Waals surface area (Å²) in [6.45, 7) is 8.85. The molecule has 1 aromatic carbocycles. The monoisotopic (exact) mass is 282 g/mol. The fourth-order valence-electron chi connectivity index (χ4n) is 2.63. The van der Waals surface area contributed by atoms with Crippen LogP contribution in [0.2, 0.25) is 0 Å². The third-order valence-corrected chi connectivity index (χ3v) is 3.98. The van der Waals surface area contributed by atoms with E-state index in [9.17, 15) is 0 Å². The van der Waals surface area contributed by atoms with Crippen LogP contribution in [0.5, 0.6) is 0 Å². The molecule has 1 aliphatic heterocycles. The van der Waals surface area contributed by atoms with Gasteiger partial charge < -0.3 is 11.1 Å². The Bertz CT molecular complexity index is 386. The maximum atomic E-state index is 6.47. The van der Waals surface area contributed by atoms with Gasteiger partial charge in [-0.05, 0) is 48.9 Å². The molecule has 1 saturated heterocycles. The molecule has 0 atom stereocenters. The van der Waals surface area contributed by atoms with Gasteiger partial charge in [0.1, 0.15) is 0 Å². The Kier molecular flexibility index (Phi) is 5.43. The van der Waals surface area contributed by atoms with Crippen molar-refractivity contribution < 1.29 is 0 Å². The fraction of sp³-hybridized carbons (Fsp3) is 0.625. The molecule has 3 N–H and O–H groups in total. The SMILES string of the molecule is CC(C)(C)c1ccc(CC2(N)CCNCC2)cc1.Cl. The van der Waals surface area contributed by atoms with E-state index in [1.54, 1.807) is 0 Å². The van der Waals surface area contributed by atoms with E-state index < -0.39 is 0 Å². The van der Waals surface area contributed by atoms with Crippen molar-refractivity contribution in [2.45, 2.75) is 51.0 Å². The molecule has 1 aromatic rings. The standard InChI is InChI=1S/C16H26N2.ClH/c1-15(2,3)14-6-4-13(5-7-14)12-16(17)8-10-18-11-9-16;/h4-7,18H,8-12,17H2,1-3H3;1H. The quantitative estimate of drug-likeness (QED) is 0.875. The first-order chi connectivity index (χ1) is 8.39. The van der Waals surface area contributed by atoms with Crippen molar-refractivity contribution in [3.8, 4) is 0 Å². The Morgan fingerprint density at radius 2 is 1.63 bits per heavy atom. The van der Waals surface area contributed by atoms with Gasteiger partial charge in [0.15, 0.2) is 0 Å². The lowest BCUT2D eigenvalue weighted by Gasteiger charge is -2.34. The van der Waals surface area contributed by atoms with Gasteiger partial charge in [0.2, 0.25) is 0 Å². The number of rotatable bonds is 2. The average Bonchev–Trinajstić information content (AvgIpc) is 2.29. The molecule has 3 heteroatoms. The van der Waals surface area contributed by atoms with Gasteiger partial charge in [0.05, 0.1) is 0 Å². The lowest BCUT2D eigenvalue weighted by Crippen LogP contribution is -2.50. The Morgan fingerprint density at radius 1 is 1.11 bits per heavy atom. The van der Waals surface area contributed by atoms with Gasteiger partial charge in [-0.15, -0.1) is 12.4 Å². The van der Waals surface area contributed by atoms with Crippen LogP contribution in [0.3, 0.4) is 0 Å². The number of nitrogens with one attached hydrogen (secondary N) is 1. The number of halogens is 1. The van der Waals surface area contributed by atoms with Gasteiger partial charge in [-0.1, -0.05) is 45.0 Å². The third kappa shape index (κ3) is 4.48. The van der Waals surface area contributed by atoms with Gasteiger partial charge in [-0.25, -0.2) is 0 Å². The van der Waals surface area contributed by atoms with E-state index in [-0.39, 0.29) is 23.4 Å². The lowest BCUT2D eigenvalue weighted by atomic mass is 9.82. The summed E-state index contributed by atoms with van der Waals surface area (Å²) < 4.78 is 0. The molecular weight excluding hydrogens is 256 g/mol. The lowest BCUT2D eigenvalue weighted by molar-refractivity contribution is 0.308. The van der Waals surface area contributed by atoms with Crippen LogP contribution in [0.1, 0.15) is 44.7 Å². The predicted molar refractivity (Wildman–Crippen MR) is 85.1 cm³/mol. The van der Waals surface area contributed by atoms with Gasteiger partial charge in [-0.3, -0.25) is 0 Å². The van der Waals surface area contributed by atoms with E-state index in [2.05, 4.69) is 50.4 Å². The van der Waals surface area contributed by atoms with Crippen molar-refractivity contribution in [2.24, 2.45) is 5.73 Å². The molecule has 0 radical (unpaired) electrons. The highest BCUT2D eigenvalue weighted by molar-refractivity contribution is 5.85.